The second kappa shape index (κ2) is 5.76. The Bertz CT molecular complexity index is 710. The SMILES string of the molecule is COc1nc(C)ncc1-c1cc([C@H]2C[C@@H]2C(C)F)c(Cl)nn1. The summed E-state index contributed by atoms with van der Waals surface area (Å²) in [5, 5.41) is 8.41. The van der Waals surface area contributed by atoms with Gasteiger partial charge in [0.2, 0.25) is 5.88 Å². The molecule has 0 aromatic carbocycles. The highest BCUT2D eigenvalue weighted by Gasteiger charge is 2.44. The summed E-state index contributed by atoms with van der Waals surface area (Å²) in [6.07, 6.45) is 1.57. The van der Waals surface area contributed by atoms with Gasteiger partial charge in [0.15, 0.2) is 5.15 Å². The first-order valence-electron chi connectivity index (χ1n) is 7.06. The molecule has 0 saturated heterocycles. The summed E-state index contributed by atoms with van der Waals surface area (Å²) in [4.78, 5) is 8.40. The summed E-state index contributed by atoms with van der Waals surface area (Å²) in [5.74, 6) is 1.14. The average Bonchev–Trinajstić information content (AvgIpc) is 3.28. The Hall–Kier alpha value is -1.82. The van der Waals surface area contributed by atoms with Gasteiger partial charge in [0.05, 0.1) is 12.7 Å². The van der Waals surface area contributed by atoms with Crippen LogP contribution in [0.15, 0.2) is 12.3 Å². The lowest BCUT2D eigenvalue weighted by molar-refractivity contribution is 0.319. The van der Waals surface area contributed by atoms with Crippen molar-refractivity contribution in [3.05, 3.63) is 28.8 Å². The highest BCUT2D eigenvalue weighted by molar-refractivity contribution is 6.30. The topological polar surface area (TPSA) is 60.8 Å². The highest BCUT2D eigenvalue weighted by atomic mass is 35.5. The molecule has 0 aliphatic heterocycles. The molecule has 2 aromatic heterocycles. The zero-order valence-electron chi connectivity index (χ0n) is 12.5. The van der Waals surface area contributed by atoms with Gasteiger partial charge < -0.3 is 4.74 Å². The van der Waals surface area contributed by atoms with Gasteiger partial charge in [-0.1, -0.05) is 11.6 Å². The second-order valence-electron chi connectivity index (χ2n) is 5.50. The van der Waals surface area contributed by atoms with Crippen molar-refractivity contribution in [2.45, 2.75) is 32.4 Å². The smallest absolute Gasteiger partial charge is 0.226 e. The molecule has 116 valence electrons. The molecule has 3 atom stereocenters. The Morgan fingerprint density at radius 3 is 2.82 bits per heavy atom. The molecule has 1 aliphatic rings. The molecule has 0 N–H and O–H groups in total. The van der Waals surface area contributed by atoms with Crippen LogP contribution in [0.5, 0.6) is 5.88 Å². The fourth-order valence-corrected chi connectivity index (χ4v) is 2.88. The first kappa shape index (κ1) is 15.1. The van der Waals surface area contributed by atoms with Crippen molar-refractivity contribution < 1.29 is 9.13 Å². The molecule has 2 heterocycles. The molecule has 1 saturated carbocycles. The highest BCUT2D eigenvalue weighted by Crippen LogP contribution is 2.52. The number of halogens is 2. The van der Waals surface area contributed by atoms with E-state index in [2.05, 4.69) is 20.2 Å². The standard InChI is InChI=1S/C15H16ClFN4O/c1-7(17)9-4-10(9)11-5-13(20-21-14(11)16)12-6-18-8(2)19-15(12)22-3/h5-7,9-10H,4H2,1-3H3/t7?,9-,10+/m1/s1. The Balaban J connectivity index is 2.00. The van der Waals surface area contributed by atoms with E-state index < -0.39 is 6.17 Å². The lowest BCUT2D eigenvalue weighted by Crippen LogP contribution is -2.01. The lowest BCUT2D eigenvalue weighted by Gasteiger charge is -2.09. The van der Waals surface area contributed by atoms with E-state index in [-0.39, 0.29) is 11.8 Å². The van der Waals surface area contributed by atoms with Gasteiger partial charge in [-0.15, -0.1) is 10.2 Å². The maximum atomic E-state index is 13.4. The van der Waals surface area contributed by atoms with Crippen molar-refractivity contribution in [3.63, 3.8) is 0 Å². The largest absolute Gasteiger partial charge is 0.480 e. The number of alkyl halides is 1. The maximum Gasteiger partial charge on any atom is 0.226 e. The van der Waals surface area contributed by atoms with Crippen LogP contribution in [0.25, 0.3) is 11.3 Å². The van der Waals surface area contributed by atoms with Crippen molar-refractivity contribution in [2.75, 3.05) is 7.11 Å². The predicted octanol–water partition coefficient (Wildman–Crippen LogP) is 3.37. The van der Waals surface area contributed by atoms with Crippen molar-refractivity contribution in [3.8, 4) is 17.1 Å². The number of nitrogens with zero attached hydrogens (tertiary/aromatic N) is 4. The molecular formula is C15H16ClFN4O. The molecule has 0 radical (unpaired) electrons. The maximum absolute atomic E-state index is 13.4. The Labute approximate surface area is 132 Å². The molecule has 0 spiro atoms. The van der Waals surface area contributed by atoms with Crippen molar-refractivity contribution >= 4 is 11.6 Å². The first-order valence-corrected chi connectivity index (χ1v) is 7.44. The number of ether oxygens (including phenoxy) is 1. The van der Waals surface area contributed by atoms with Gasteiger partial charge in [0.25, 0.3) is 0 Å². The summed E-state index contributed by atoms with van der Waals surface area (Å²) in [6.45, 7) is 3.35. The molecule has 3 rings (SSSR count). The van der Waals surface area contributed by atoms with E-state index in [0.29, 0.717) is 28.1 Å². The average molecular weight is 323 g/mol. The van der Waals surface area contributed by atoms with Crippen LogP contribution in [0.3, 0.4) is 0 Å². The predicted molar refractivity (Wildman–Crippen MR) is 80.8 cm³/mol. The van der Waals surface area contributed by atoms with Gasteiger partial charge in [0, 0.05) is 6.20 Å². The van der Waals surface area contributed by atoms with E-state index in [1.807, 2.05) is 6.07 Å². The van der Waals surface area contributed by atoms with Crippen molar-refractivity contribution in [1.82, 2.24) is 20.2 Å². The van der Waals surface area contributed by atoms with Gasteiger partial charge in [0.1, 0.15) is 17.7 Å². The minimum absolute atomic E-state index is 0.00529. The van der Waals surface area contributed by atoms with Crippen LogP contribution in [0, 0.1) is 12.8 Å². The van der Waals surface area contributed by atoms with Crippen LogP contribution < -0.4 is 4.74 Å². The molecule has 1 aliphatic carbocycles. The molecule has 5 nitrogen and oxygen atoms in total. The third-order valence-electron chi connectivity index (χ3n) is 3.95. The number of aromatic nitrogens is 4. The van der Waals surface area contributed by atoms with E-state index in [4.69, 9.17) is 16.3 Å². The lowest BCUT2D eigenvalue weighted by atomic mass is 10.1. The van der Waals surface area contributed by atoms with Crippen LogP contribution in [-0.4, -0.2) is 33.4 Å². The van der Waals surface area contributed by atoms with Gasteiger partial charge in [-0.3, -0.25) is 0 Å². The number of aryl methyl sites for hydroxylation is 1. The van der Waals surface area contributed by atoms with Crippen LogP contribution in [0.1, 0.15) is 30.7 Å². The van der Waals surface area contributed by atoms with E-state index in [1.54, 1.807) is 20.0 Å². The van der Waals surface area contributed by atoms with Crippen LogP contribution in [0.4, 0.5) is 4.39 Å². The van der Waals surface area contributed by atoms with E-state index in [0.717, 1.165) is 12.0 Å². The Morgan fingerprint density at radius 1 is 1.41 bits per heavy atom. The molecule has 7 heteroatoms. The zero-order chi connectivity index (χ0) is 15.9. The van der Waals surface area contributed by atoms with Gasteiger partial charge >= 0.3 is 0 Å². The summed E-state index contributed by atoms with van der Waals surface area (Å²) < 4.78 is 18.7. The second-order valence-corrected chi connectivity index (χ2v) is 5.86. The van der Waals surface area contributed by atoms with Crippen LogP contribution in [-0.2, 0) is 0 Å². The van der Waals surface area contributed by atoms with E-state index >= 15 is 0 Å². The van der Waals surface area contributed by atoms with Gasteiger partial charge in [-0.25, -0.2) is 9.37 Å². The fraction of sp³-hybridized carbons (Fsp3) is 0.467. The minimum atomic E-state index is -0.852. The molecule has 0 bridgehead atoms. The first-order chi connectivity index (χ1) is 10.5. The minimum Gasteiger partial charge on any atom is -0.480 e. The number of rotatable bonds is 4. The molecule has 22 heavy (non-hydrogen) atoms. The number of hydrogen-bond acceptors (Lipinski definition) is 5. The fourth-order valence-electron chi connectivity index (χ4n) is 2.64. The van der Waals surface area contributed by atoms with Gasteiger partial charge in [-0.2, -0.15) is 4.98 Å². The Morgan fingerprint density at radius 2 is 2.18 bits per heavy atom. The summed E-state index contributed by atoms with van der Waals surface area (Å²) >= 11 is 6.13. The molecule has 2 aromatic rings. The third-order valence-corrected chi connectivity index (χ3v) is 4.24. The normalized spacial score (nSPS) is 21.5. The van der Waals surface area contributed by atoms with Crippen LogP contribution in [0.2, 0.25) is 5.15 Å². The summed E-state index contributed by atoms with van der Waals surface area (Å²) in [7, 11) is 1.54. The Kier molecular flexibility index (Phi) is 3.95. The molecule has 1 unspecified atom stereocenters. The quantitative estimate of drug-likeness (QED) is 0.863. The molecule has 1 fully saturated rings. The number of hydrogen-bond donors (Lipinski definition) is 0. The van der Waals surface area contributed by atoms with E-state index in [1.165, 1.54) is 7.11 Å². The zero-order valence-corrected chi connectivity index (χ0v) is 13.3. The monoisotopic (exact) mass is 322 g/mol. The van der Waals surface area contributed by atoms with Crippen molar-refractivity contribution in [2.24, 2.45) is 5.92 Å². The van der Waals surface area contributed by atoms with Gasteiger partial charge in [-0.05, 0) is 43.7 Å². The summed E-state index contributed by atoms with van der Waals surface area (Å²) in [5.41, 5.74) is 2.04. The van der Waals surface area contributed by atoms with Crippen LogP contribution >= 0.6 is 11.6 Å². The summed E-state index contributed by atoms with van der Waals surface area (Å²) in [6, 6.07) is 1.83. The van der Waals surface area contributed by atoms with E-state index in [9.17, 15) is 4.39 Å². The molecule has 0 amide bonds. The molecular weight excluding hydrogens is 307 g/mol. The van der Waals surface area contributed by atoms with Crippen molar-refractivity contribution in [1.29, 1.82) is 0 Å². The third kappa shape index (κ3) is 2.75. The number of methoxy groups -OCH3 is 1.